The van der Waals surface area contributed by atoms with Crippen molar-refractivity contribution in [1.29, 1.82) is 0 Å². The van der Waals surface area contributed by atoms with Crippen molar-refractivity contribution in [1.82, 2.24) is 4.90 Å². The molecule has 4 unspecified atom stereocenters. The third kappa shape index (κ3) is 11.7. The molecule has 4 aliphatic carbocycles. The van der Waals surface area contributed by atoms with Gasteiger partial charge in [-0.25, -0.2) is 0 Å². The molecule has 0 bridgehead atoms. The van der Waals surface area contributed by atoms with Gasteiger partial charge < -0.3 is 16.4 Å². The minimum absolute atomic E-state index is 0.139. The molecule has 0 aromatic rings. The summed E-state index contributed by atoms with van der Waals surface area (Å²) in [5.41, 5.74) is 14.8. The maximum Gasteiger partial charge on any atom is 0.223 e. The van der Waals surface area contributed by atoms with Crippen LogP contribution in [0.2, 0.25) is 0 Å². The number of rotatable bonds is 22. The number of allylic oxidation sites excluding steroid dienone is 2. The molecule has 6 heteroatoms. The molecule has 0 radical (unpaired) electrons. The third-order valence-corrected chi connectivity index (χ3v) is 18.1. The lowest BCUT2D eigenvalue weighted by molar-refractivity contribution is -0.130. The Bertz CT molecular complexity index is 1080. The maximum absolute atomic E-state index is 13.3. The van der Waals surface area contributed by atoms with E-state index in [1.54, 1.807) is 5.57 Å². The summed E-state index contributed by atoms with van der Waals surface area (Å²) in [7, 11) is 4.05. The van der Waals surface area contributed by atoms with Gasteiger partial charge in [-0.2, -0.15) is 0 Å². The van der Waals surface area contributed by atoms with Crippen molar-refractivity contribution in [2.75, 3.05) is 18.8 Å². The van der Waals surface area contributed by atoms with Gasteiger partial charge >= 0.3 is 0 Å². The van der Waals surface area contributed by atoms with Crippen molar-refractivity contribution in [3.8, 4) is 0 Å². The van der Waals surface area contributed by atoms with Gasteiger partial charge in [0.15, 0.2) is 0 Å². The van der Waals surface area contributed by atoms with E-state index in [4.69, 9.17) is 11.5 Å². The van der Waals surface area contributed by atoms with Crippen LogP contribution >= 0.6 is 21.6 Å². The molecule has 11 atom stereocenters. The van der Waals surface area contributed by atoms with Gasteiger partial charge in [0.1, 0.15) is 0 Å². The average Bonchev–Trinajstić information content (AvgIpc) is 3.44. The monoisotopic (exact) mass is 746 g/mol. The van der Waals surface area contributed by atoms with Crippen LogP contribution in [0.3, 0.4) is 0 Å². The average molecular weight is 746 g/mol. The highest BCUT2D eigenvalue weighted by atomic mass is 33.1. The second kappa shape index (κ2) is 20.7. The Hall–Kier alpha value is -0.170. The van der Waals surface area contributed by atoms with Crippen molar-refractivity contribution >= 4 is 27.5 Å². The Balaban J connectivity index is 1.22. The smallest absolute Gasteiger partial charge is 0.223 e. The zero-order valence-electron chi connectivity index (χ0n) is 34.7. The van der Waals surface area contributed by atoms with Gasteiger partial charge in [0, 0.05) is 42.6 Å². The predicted molar refractivity (Wildman–Crippen MR) is 227 cm³/mol. The van der Waals surface area contributed by atoms with E-state index in [0.29, 0.717) is 34.4 Å². The zero-order chi connectivity index (χ0) is 37.2. The fourth-order valence-electron chi connectivity index (χ4n) is 11.8. The second-order valence-corrected chi connectivity index (χ2v) is 22.0. The first-order valence-corrected chi connectivity index (χ1v) is 24.4. The summed E-state index contributed by atoms with van der Waals surface area (Å²) in [6.07, 6.45) is 26.8. The molecule has 4 aliphatic rings. The van der Waals surface area contributed by atoms with Crippen LogP contribution in [-0.4, -0.2) is 47.0 Å². The topological polar surface area (TPSA) is 72.3 Å². The highest BCUT2D eigenvalue weighted by Gasteiger charge is 2.59. The molecule has 1 amide bonds. The third-order valence-electron chi connectivity index (χ3n) is 15.2. The van der Waals surface area contributed by atoms with Crippen molar-refractivity contribution in [3.63, 3.8) is 0 Å². The highest BCUT2D eigenvalue weighted by Crippen LogP contribution is 2.67. The van der Waals surface area contributed by atoms with Crippen LogP contribution in [0, 0.1) is 52.3 Å². The molecular weight excluding hydrogens is 663 g/mol. The molecule has 0 saturated heterocycles. The molecule has 0 heterocycles. The van der Waals surface area contributed by atoms with E-state index >= 15 is 0 Å². The molecule has 0 aromatic carbocycles. The first kappa shape index (κ1) is 43.6. The molecule has 4 nitrogen and oxygen atoms in total. The number of nitrogens with zero attached hydrogens (tertiary/aromatic N) is 1. The second-order valence-electron chi connectivity index (χ2n) is 19.2. The van der Waals surface area contributed by atoms with Gasteiger partial charge in [0.05, 0.1) is 0 Å². The van der Waals surface area contributed by atoms with Crippen LogP contribution in [0.15, 0.2) is 11.6 Å². The molecular formula is C45H83N3OS2. The predicted octanol–water partition coefficient (Wildman–Crippen LogP) is 12.1. The Kier molecular flexibility index (Phi) is 17.6. The molecule has 4 rings (SSSR count). The molecule has 0 aliphatic heterocycles. The van der Waals surface area contributed by atoms with E-state index in [-0.39, 0.29) is 6.04 Å². The summed E-state index contributed by atoms with van der Waals surface area (Å²) in [6, 6.07) is 0.448. The fraction of sp³-hybridized carbons (Fsp3) is 0.933. The van der Waals surface area contributed by atoms with Crippen molar-refractivity contribution in [3.05, 3.63) is 11.6 Å². The van der Waals surface area contributed by atoms with Gasteiger partial charge in [0.25, 0.3) is 0 Å². The van der Waals surface area contributed by atoms with Crippen LogP contribution in [-0.2, 0) is 4.79 Å². The summed E-state index contributed by atoms with van der Waals surface area (Å²) < 4.78 is 0. The van der Waals surface area contributed by atoms with E-state index in [1.165, 1.54) is 96.3 Å². The molecule has 3 fully saturated rings. The summed E-state index contributed by atoms with van der Waals surface area (Å²) in [5, 5.41) is 0.695. The van der Waals surface area contributed by atoms with E-state index in [0.717, 1.165) is 79.5 Å². The van der Waals surface area contributed by atoms with Gasteiger partial charge in [0.2, 0.25) is 5.91 Å². The van der Waals surface area contributed by atoms with Gasteiger partial charge in [-0.05, 0) is 143 Å². The first-order valence-electron chi connectivity index (χ1n) is 22.1. The standard InChI is InChI=1S/C45H83N3OS2/c1-9-36(32(2)3)17-16-33(4)40-20-21-41-39-19-18-37-31-38(22-26-44(37,7)42(39)23-27-45(40,41)8)51-50-30-25-43(49)48(29-24-35(6)47)28-14-12-10-11-13-15-34(5)46/h18,32-36,38-42H,9-17,19-31,46-47H2,1-8H3/t33?,34?,35?,36?,38-,39-,40+,41-,42-,44-,45+/m0/s1. The van der Waals surface area contributed by atoms with Crippen molar-refractivity contribution in [2.45, 2.75) is 195 Å². The summed E-state index contributed by atoms with van der Waals surface area (Å²) in [5.74, 6) is 7.50. The van der Waals surface area contributed by atoms with Crippen LogP contribution in [0.5, 0.6) is 0 Å². The lowest BCUT2D eigenvalue weighted by atomic mass is 9.47. The Morgan fingerprint density at radius 3 is 2.29 bits per heavy atom. The van der Waals surface area contributed by atoms with Crippen LogP contribution in [0.4, 0.5) is 0 Å². The molecule has 0 aromatic heterocycles. The first-order chi connectivity index (χ1) is 24.3. The number of amides is 1. The maximum atomic E-state index is 13.3. The van der Waals surface area contributed by atoms with Gasteiger partial charge in [-0.15, -0.1) is 0 Å². The Labute approximate surface area is 324 Å². The van der Waals surface area contributed by atoms with Crippen molar-refractivity contribution < 1.29 is 4.79 Å². The van der Waals surface area contributed by atoms with Crippen LogP contribution in [0.25, 0.3) is 0 Å². The van der Waals surface area contributed by atoms with Gasteiger partial charge in [-0.1, -0.05) is 113 Å². The van der Waals surface area contributed by atoms with Crippen molar-refractivity contribution in [2.24, 2.45) is 63.7 Å². The fourth-order valence-corrected chi connectivity index (χ4v) is 14.4. The Morgan fingerprint density at radius 2 is 1.59 bits per heavy atom. The van der Waals surface area contributed by atoms with E-state index in [2.05, 4.69) is 77.2 Å². The summed E-state index contributed by atoms with van der Waals surface area (Å²) >= 11 is 0. The zero-order valence-corrected chi connectivity index (χ0v) is 36.4. The lowest BCUT2D eigenvalue weighted by Gasteiger charge is -2.58. The molecule has 4 N–H and O–H groups in total. The SMILES string of the molecule is CCC(CCC(C)[C@H]1CC[C@H]2[C@@H]3CC=C4C[C@@H](SSCCC(=O)N(CCCCCCCC(C)N)CCC(C)N)CC[C@]4(C)[C@H]3CC[C@]12C)C(C)C. The lowest BCUT2D eigenvalue weighted by Crippen LogP contribution is -2.50. The number of carbonyl (C=O) groups excluding carboxylic acids is 1. The molecule has 3 saturated carbocycles. The number of hydrogen-bond acceptors (Lipinski definition) is 5. The number of nitrogens with two attached hydrogens (primary N) is 2. The summed E-state index contributed by atoms with van der Waals surface area (Å²) in [6.45, 7) is 21.1. The van der Waals surface area contributed by atoms with E-state index < -0.39 is 0 Å². The summed E-state index contributed by atoms with van der Waals surface area (Å²) in [4.78, 5) is 15.4. The highest BCUT2D eigenvalue weighted by molar-refractivity contribution is 8.76. The number of hydrogen-bond donors (Lipinski definition) is 2. The minimum atomic E-state index is 0.139. The Morgan fingerprint density at radius 1 is 0.863 bits per heavy atom. The number of fused-ring (bicyclic) bond motifs is 5. The van der Waals surface area contributed by atoms with E-state index in [1.807, 2.05) is 10.8 Å². The molecule has 51 heavy (non-hydrogen) atoms. The number of unbranched alkanes of at least 4 members (excludes halogenated alkanes) is 4. The van der Waals surface area contributed by atoms with Crippen LogP contribution in [0.1, 0.15) is 177 Å². The van der Waals surface area contributed by atoms with E-state index in [9.17, 15) is 4.79 Å². The molecule has 296 valence electrons. The minimum Gasteiger partial charge on any atom is -0.343 e. The quantitative estimate of drug-likeness (QED) is 0.0656. The largest absolute Gasteiger partial charge is 0.343 e. The number of carbonyl (C=O) groups is 1. The molecule has 0 spiro atoms. The van der Waals surface area contributed by atoms with Crippen LogP contribution < -0.4 is 11.5 Å². The van der Waals surface area contributed by atoms with Gasteiger partial charge in [-0.3, -0.25) is 4.79 Å². The normalized spacial score (nSPS) is 32.8.